The number of ether oxygens (including phenoxy) is 1. The number of piperidine rings is 1. The molecule has 42 heavy (non-hydrogen) atoms. The molecule has 7 rings (SSSR count). The summed E-state index contributed by atoms with van der Waals surface area (Å²) in [6.45, 7) is 1.05. The Morgan fingerprint density at radius 1 is 1.24 bits per heavy atom. The topological polar surface area (TPSA) is 115 Å². The largest absolute Gasteiger partial charge is 0.373 e. The number of carbonyl (C=O) groups excluding carboxylic acids is 1. The van der Waals surface area contributed by atoms with Crippen molar-refractivity contribution >= 4 is 65.8 Å². The van der Waals surface area contributed by atoms with Crippen molar-refractivity contribution in [2.75, 3.05) is 17.7 Å². The highest BCUT2D eigenvalue weighted by Gasteiger charge is 2.46. The Morgan fingerprint density at radius 2 is 2.00 bits per heavy atom. The molecule has 1 amide bonds. The number of benzene rings is 2. The van der Waals surface area contributed by atoms with Gasteiger partial charge in [0.15, 0.2) is 10.9 Å². The van der Waals surface area contributed by atoms with Gasteiger partial charge in [-0.1, -0.05) is 45.8 Å². The van der Waals surface area contributed by atoms with Gasteiger partial charge in [0.2, 0.25) is 10.0 Å². The van der Waals surface area contributed by atoms with Crippen LogP contribution in [0, 0.1) is 11.7 Å². The molecule has 2 aromatic carbocycles. The lowest BCUT2D eigenvalue weighted by Crippen LogP contribution is -2.38. The summed E-state index contributed by atoms with van der Waals surface area (Å²) >= 11 is 14.3. The van der Waals surface area contributed by atoms with Crippen molar-refractivity contribution in [3.05, 3.63) is 63.1 Å². The van der Waals surface area contributed by atoms with E-state index in [1.165, 1.54) is 17.4 Å². The van der Waals surface area contributed by atoms with Crippen molar-refractivity contribution in [1.82, 2.24) is 14.9 Å². The molecule has 14 heteroatoms. The highest BCUT2D eigenvalue weighted by atomic mass is 35.5. The molecular weight excluding hydrogens is 626 g/mol. The Labute approximate surface area is 255 Å². The fourth-order valence-corrected chi connectivity index (χ4v) is 8.17. The van der Waals surface area contributed by atoms with Crippen molar-refractivity contribution in [3.8, 4) is 11.3 Å². The minimum Gasteiger partial charge on any atom is -0.373 e. The first-order valence-electron chi connectivity index (χ1n) is 13.5. The first-order valence-corrected chi connectivity index (χ1v) is 17.0. The average Bonchev–Trinajstić information content (AvgIpc) is 3.25. The monoisotopic (exact) mass is 650 g/mol. The summed E-state index contributed by atoms with van der Waals surface area (Å²) in [7, 11) is -3.77. The van der Waals surface area contributed by atoms with E-state index in [-0.39, 0.29) is 29.1 Å². The van der Waals surface area contributed by atoms with E-state index in [1.54, 1.807) is 18.2 Å². The van der Waals surface area contributed by atoms with Crippen LogP contribution in [-0.2, 0) is 21.4 Å². The Hall–Kier alpha value is -2.77. The maximum Gasteiger partial charge on any atom is 0.264 e. The van der Waals surface area contributed by atoms with Crippen molar-refractivity contribution in [2.45, 2.75) is 50.4 Å². The highest BCUT2D eigenvalue weighted by Crippen LogP contribution is 2.48. The lowest BCUT2D eigenvalue weighted by atomic mass is 10.0. The quantitative estimate of drug-likeness (QED) is 0.242. The van der Waals surface area contributed by atoms with E-state index in [0.717, 1.165) is 49.3 Å². The smallest absolute Gasteiger partial charge is 0.264 e. The summed E-state index contributed by atoms with van der Waals surface area (Å²) in [5, 5.41) is 6.03. The number of sulfonamides is 1. The van der Waals surface area contributed by atoms with E-state index in [2.05, 4.69) is 15.0 Å². The SMILES string of the molecule is CS(=O)(=O)NC(=O)c1cc(F)c2nc(N3C[C@@H]4C[C@H]3C[C@H]4OCc3c(-c4c(Cl)cccc4Cl)noc3C3CC3)sc2c1. The van der Waals surface area contributed by atoms with Gasteiger partial charge in [-0.25, -0.2) is 22.5 Å². The predicted octanol–water partition coefficient (Wildman–Crippen LogP) is 6.15. The second-order valence-electron chi connectivity index (χ2n) is 11.1. The van der Waals surface area contributed by atoms with Gasteiger partial charge >= 0.3 is 0 Å². The standard InChI is InChI=1S/C28H25Cl2FN4O5S2/c1-42(37,38)34-27(36)14-8-20(31)25-22(9-14)41-28(32-25)35-11-15-7-16(35)10-21(15)39-12-17-24(33-40-26(17)13-5-6-13)23-18(29)3-2-4-19(23)30/h2-4,8-9,13,15-16,21H,5-7,10-12H2,1H3,(H,34,36)/t15-,16-,21+/m0/s1. The van der Waals surface area contributed by atoms with Crippen molar-refractivity contribution in [2.24, 2.45) is 5.92 Å². The zero-order valence-corrected chi connectivity index (χ0v) is 25.4. The molecule has 9 nitrogen and oxygen atoms in total. The van der Waals surface area contributed by atoms with E-state index in [9.17, 15) is 17.6 Å². The minimum absolute atomic E-state index is 0.0279. The number of nitrogens with one attached hydrogen (secondary N) is 1. The molecule has 1 N–H and O–H groups in total. The minimum atomic E-state index is -3.77. The number of halogens is 3. The van der Waals surface area contributed by atoms with Crippen molar-refractivity contribution in [1.29, 1.82) is 0 Å². The van der Waals surface area contributed by atoms with Crippen LogP contribution in [0.1, 0.15) is 53.3 Å². The van der Waals surface area contributed by atoms with Crippen LogP contribution in [0.25, 0.3) is 21.5 Å². The second kappa shape index (κ2) is 10.4. The van der Waals surface area contributed by atoms with Gasteiger partial charge in [-0.15, -0.1) is 0 Å². The molecule has 3 fully saturated rings. The lowest BCUT2D eigenvalue weighted by molar-refractivity contribution is 0.0122. The number of nitrogens with zero attached hydrogens (tertiary/aromatic N) is 3. The van der Waals surface area contributed by atoms with Crippen LogP contribution in [0.2, 0.25) is 10.0 Å². The molecule has 2 aromatic heterocycles. The van der Waals surface area contributed by atoms with E-state index in [4.69, 9.17) is 32.5 Å². The second-order valence-corrected chi connectivity index (χ2v) is 14.7. The summed E-state index contributed by atoms with van der Waals surface area (Å²) in [6, 6.07) is 8.02. The maximum atomic E-state index is 14.9. The molecule has 1 aliphatic heterocycles. The molecule has 2 bridgehead atoms. The molecular formula is C28H25Cl2FN4O5S2. The van der Waals surface area contributed by atoms with Gasteiger partial charge in [0.05, 0.1) is 33.7 Å². The van der Waals surface area contributed by atoms with Gasteiger partial charge in [-0.05, 0) is 49.9 Å². The molecule has 0 unspecified atom stereocenters. The average molecular weight is 652 g/mol. The number of aromatic nitrogens is 2. The summed E-state index contributed by atoms with van der Waals surface area (Å²) < 4.78 is 52.4. The van der Waals surface area contributed by atoms with Gasteiger partial charge < -0.3 is 14.2 Å². The zero-order chi connectivity index (χ0) is 29.3. The van der Waals surface area contributed by atoms with Gasteiger partial charge in [0.25, 0.3) is 5.91 Å². The maximum absolute atomic E-state index is 14.9. The molecule has 0 radical (unpaired) electrons. The van der Waals surface area contributed by atoms with E-state index >= 15 is 0 Å². The van der Waals surface area contributed by atoms with Crippen molar-refractivity contribution < 1.29 is 26.9 Å². The molecule has 0 spiro atoms. The number of fused-ring (bicyclic) bond motifs is 3. The highest BCUT2D eigenvalue weighted by molar-refractivity contribution is 7.89. The third-order valence-corrected chi connectivity index (χ3v) is 10.3. The molecule has 220 valence electrons. The van der Waals surface area contributed by atoms with Crippen LogP contribution < -0.4 is 9.62 Å². The van der Waals surface area contributed by atoms with E-state index in [0.29, 0.717) is 50.2 Å². The molecule has 2 saturated carbocycles. The molecule has 3 aliphatic rings. The summed E-state index contributed by atoms with van der Waals surface area (Å²) in [6.07, 6.45) is 4.71. The van der Waals surface area contributed by atoms with Crippen LogP contribution in [0.3, 0.4) is 0 Å². The third-order valence-electron chi connectivity index (χ3n) is 8.11. The number of hydrogen-bond acceptors (Lipinski definition) is 9. The molecule has 3 atom stereocenters. The Balaban J connectivity index is 1.07. The molecule has 2 aliphatic carbocycles. The van der Waals surface area contributed by atoms with Gasteiger partial charge in [0.1, 0.15) is 17.0 Å². The van der Waals surface area contributed by atoms with Gasteiger partial charge in [-0.3, -0.25) is 4.79 Å². The summed E-state index contributed by atoms with van der Waals surface area (Å²) in [4.78, 5) is 19.0. The molecule has 3 heterocycles. The van der Waals surface area contributed by atoms with Crippen LogP contribution in [0.4, 0.5) is 9.52 Å². The fourth-order valence-electron chi connectivity index (χ4n) is 6.04. The van der Waals surface area contributed by atoms with Crippen molar-refractivity contribution in [3.63, 3.8) is 0 Å². The molecule has 1 saturated heterocycles. The number of anilines is 1. The van der Waals surface area contributed by atoms with Crippen LogP contribution in [-0.4, -0.2) is 49.4 Å². The number of hydrogen-bond donors (Lipinski definition) is 1. The van der Waals surface area contributed by atoms with E-state index in [1.807, 2.05) is 4.72 Å². The van der Waals surface area contributed by atoms with E-state index < -0.39 is 21.7 Å². The first kappa shape index (κ1) is 28.0. The van der Waals surface area contributed by atoms with Gasteiger partial charge in [-0.2, -0.15) is 0 Å². The Morgan fingerprint density at radius 3 is 2.67 bits per heavy atom. The van der Waals surface area contributed by atoms with Gasteiger partial charge in [0, 0.05) is 41.1 Å². The normalized spacial score (nSPS) is 21.9. The third kappa shape index (κ3) is 5.17. The van der Waals surface area contributed by atoms with Crippen LogP contribution in [0.5, 0.6) is 0 Å². The number of thiazole rings is 1. The van der Waals surface area contributed by atoms with Crippen LogP contribution in [0.15, 0.2) is 34.9 Å². The summed E-state index contributed by atoms with van der Waals surface area (Å²) in [5.74, 6) is -0.120. The lowest BCUT2D eigenvalue weighted by Gasteiger charge is -2.31. The number of carbonyl (C=O) groups is 1. The number of amides is 1. The fraction of sp³-hybridized carbons (Fsp3) is 0.393. The first-order chi connectivity index (χ1) is 20.1. The van der Waals surface area contributed by atoms with Crippen LogP contribution >= 0.6 is 34.5 Å². The Bertz CT molecular complexity index is 1820. The zero-order valence-electron chi connectivity index (χ0n) is 22.3. The Kier molecular flexibility index (Phi) is 6.97. The predicted molar refractivity (Wildman–Crippen MR) is 158 cm³/mol. The summed E-state index contributed by atoms with van der Waals surface area (Å²) in [5.41, 5.74) is 2.25. The number of rotatable bonds is 8. The molecule has 4 aromatic rings.